The van der Waals surface area contributed by atoms with Gasteiger partial charge in [-0.05, 0) is 56.1 Å². The smallest absolute Gasteiger partial charge is 0.119 e. The summed E-state index contributed by atoms with van der Waals surface area (Å²) >= 11 is 0. The highest BCUT2D eigenvalue weighted by atomic mass is 16.5. The second-order valence-electron chi connectivity index (χ2n) is 5.47. The van der Waals surface area contributed by atoms with E-state index in [4.69, 9.17) is 4.74 Å². The molecule has 0 aliphatic carbocycles. The van der Waals surface area contributed by atoms with Crippen LogP contribution < -0.4 is 10.1 Å². The Morgan fingerprint density at radius 1 is 1.14 bits per heavy atom. The van der Waals surface area contributed by atoms with E-state index in [0.717, 1.165) is 29.8 Å². The number of nitrogens with one attached hydrogen (secondary N) is 1. The Morgan fingerprint density at radius 2 is 1.90 bits per heavy atom. The van der Waals surface area contributed by atoms with Crippen LogP contribution in [0.4, 0.5) is 0 Å². The molecule has 0 bridgehead atoms. The molecule has 0 amide bonds. The number of benzene rings is 1. The van der Waals surface area contributed by atoms with Crippen molar-refractivity contribution in [3.63, 3.8) is 0 Å². The lowest BCUT2D eigenvalue weighted by atomic mass is 10.1. The maximum Gasteiger partial charge on any atom is 0.119 e. The zero-order valence-corrected chi connectivity index (χ0v) is 13.1. The molecule has 0 spiro atoms. The van der Waals surface area contributed by atoms with Gasteiger partial charge in [0.2, 0.25) is 0 Å². The highest BCUT2D eigenvalue weighted by Crippen LogP contribution is 2.15. The number of aromatic nitrogens is 1. The lowest BCUT2D eigenvalue weighted by molar-refractivity contribution is 0.305. The molecule has 1 atom stereocenters. The molecule has 2 rings (SSSR count). The Kier molecular flexibility index (Phi) is 5.76. The van der Waals surface area contributed by atoms with E-state index in [-0.39, 0.29) is 0 Å². The van der Waals surface area contributed by atoms with Crippen molar-refractivity contribution >= 4 is 0 Å². The summed E-state index contributed by atoms with van der Waals surface area (Å²) in [7, 11) is 0. The molecule has 0 aliphatic heterocycles. The highest BCUT2D eigenvalue weighted by Gasteiger charge is 2.02. The van der Waals surface area contributed by atoms with Crippen molar-refractivity contribution in [1.29, 1.82) is 0 Å². The minimum absolute atomic E-state index is 0.500. The first-order chi connectivity index (χ1) is 10.2. The van der Waals surface area contributed by atoms with E-state index in [1.165, 1.54) is 5.56 Å². The van der Waals surface area contributed by atoms with Crippen molar-refractivity contribution in [3.8, 4) is 5.75 Å². The van der Waals surface area contributed by atoms with Crippen molar-refractivity contribution in [2.24, 2.45) is 0 Å². The fraction of sp³-hybridized carbons (Fsp3) is 0.389. The van der Waals surface area contributed by atoms with Gasteiger partial charge in [0.25, 0.3) is 0 Å². The van der Waals surface area contributed by atoms with Gasteiger partial charge >= 0.3 is 0 Å². The Hall–Kier alpha value is -1.87. The van der Waals surface area contributed by atoms with Gasteiger partial charge in [0.15, 0.2) is 0 Å². The van der Waals surface area contributed by atoms with Crippen LogP contribution in [-0.2, 0) is 13.0 Å². The number of likely N-dealkylation sites (N-methyl/N-ethyl adjacent to an activating group) is 1. The molecule has 1 aromatic heterocycles. The number of pyridine rings is 1. The summed E-state index contributed by atoms with van der Waals surface area (Å²) in [6, 6.07) is 10.9. The summed E-state index contributed by atoms with van der Waals surface area (Å²) < 4.78 is 5.80. The van der Waals surface area contributed by atoms with Crippen LogP contribution in [0.1, 0.15) is 30.5 Å². The molecule has 3 heteroatoms. The van der Waals surface area contributed by atoms with E-state index in [1.807, 2.05) is 31.5 Å². The van der Waals surface area contributed by atoms with Gasteiger partial charge in [-0.15, -0.1) is 0 Å². The summed E-state index contributed by atoms with van der Waals surface area (Å²) in [6.45, 7) is 7.94. The van der Waals surface area contributed by atoms with E-state index in [0.29, 0.717) is 12.6 Å². The normalized spacial score (nSPS) is 12.1. The number of hydrogen-bond donors (Lipinski definition) is 1. The maximum atomic E-state index is 5.80. The Morgan fingerprint density at radius 3 is 2.57 bits per heavy atom. The number of rotatable bonds is 7. The van der Waals surface area contributed by atoms with E-state index < -0.39 is 0 Å². The molecule has 0 aliphatic rings. The molecule has 112 valence electrons. The number of nitrogens with zero attached hydrogens (tertiary/aromatic N) is 1. The summed E-state index contributed by atoms with van der Waals surface area (Å²) in [5.41, 5.74) is 3.58. The van der Waals surface area contributed by atoms with Crippen LogP contribution in [-0.4, -0.2) is 17.6 Å². The predicted molar refractivity (Wildman–Crippen MR) is 86.6 cm³/mol. The number of ether oxygens (including phenoxy) is 1. The molecule has 0 fully saturated rings. The molecule has 1 unspecified atom stereocenters. The third-order valence-electron chi connectivity index (χ3n) is 3.35. The van der Waals surface area contributed by atoms with Crippen LogP contribution in [0.25, 0.3) is 0 Å². The predicted octanol–water partition coefficient (Wildman–Crippen LogP) is 3.51. The topological polar surface area (TPSA) is 34.1 Å². The van der Waals surface area contributed by atoms with Crippen LogP contribution in [0.2, 0.25) is 0 Å². The molecule has 3 nitrogen and oxygen atoms in total. The first kappa shape index (κ1) is 15.5. The van der Waals surface area contributed by atoms with Gasteiger partial charge in [-0.2, -0.15) is 0 Å². The van der Waals surface area contributed by atoms with E-state index in [2.05, 4.69) is 42.3 Å². The molecule has 0 saturated heterocycles. The zero-order chi connectivity index (χ0) is 15.1. The van der Waals surface area contributed by atoms with Crippen LogP contribution >= 0.6 is 0 Å². The van der Waals surface area contributed by atoms with Gasteiger partial charge < -0.3 is 10.1 Å². The monoisotopic (exact) mass is 284 g/mol. The van der Waals surface area contributed by atoms with Gasteiger partial charge in [0.1, 0.15) is 12.4 Å². The van der Waals surface area contributed by atoms with Gasteiger partial charge in [-0.25, -0.2) is 0 Å². The summed E-state index contributed by atoms with van der Waals surface area (Å²) in [6.07, 6.45) is 4.74. The standard InChI is InChI=1S/C18H24N2O/c1-4-20-15(3)10-16-5-7-18(8-6-16)21-13-17-9-14(2)11-19-12-17/h5-9,11-12,15,20H,4,10,13H2,1-3H3. The largest absolute Gasteiger partial charge is 0.489 e. The van der Waals surface area contributed by atoms with E-state index in [1.54, 1.807) is 0 Å². The number of hydrogen-bond acceptors (Lipinski definition) is 3. The SMILES string of the molecule is CCNC(C)Cc1ccc(OCc2cncc(C)c2)cc1. The second-order valence-corrected chi connectivity index (χ2v) is 5.47. The Bertz CT molecular complexity index is 551. The highest BCUT2D eigenvalue weighted by molar-refractivity contribution is 5.28. The average molecular weight is 284 g/mol. The fourth-order valence-corrected chi connectivity index (χ4v) is 2.36. The van der Waals surface area contributed by atoms with Crippen LogP contribution in [0.5, 0.6) is 5.75 Å². The molecular formula is C18H24N2O. The average Bonchev–Trinajstić information content (AvgIpc) is 2.47. The molecule has 1 heterocycles. The van der Waals surface area contributed by atoms with Crippen molar-refractivity contribution in [2.45, 2.75) is 39.8 Å². The zero-order valence-electron chi connectivity index (χ0n) is 13.1. The molecular weight excluding hydrogens is 260 g/mol. The van der Waals surface area contributed by atoms with Crippen molar-refractivity contribution in [3.05, 3.63) is 59.4 Å². The van der Waals surface area contributed by atoms with Crippen molar-refractivity contribution in [2.75, 3.05) is 6.54 Å². The summed E-state index contributed by atoms with van der Waals surface area (Å²) in [5.74, 6) is 0.899. The fourth-order valence-electron chi connectivity index (χ4n) is 2.36. The third-order valence-corrected chi connectivity index (χ3v) is 3.35. The molecule has 0 saturated carbocycles. The van der Waals surface area contributed by atoms with Crippen molar-refractivity contribution < 1.29 is 4.74 Å². The third kappa shape index (κ3) is 5.20. The summed E-state index contributed by atoms with van der Waals surface area (Å²) in [5, 5.41) is 3.42. The molecule has 1 aromatic carbocycles. The molecule has 2 aromatic rings. The van der Waals surface area contributed by atoms with E-state index >= 15 is 0 Å². The molecule has 21 heavy (non-hydrogen) atoms. The second kappa shape index (κ2) is 7.79. The lowest BCUT2D eigenvalue weighted by Crippen LogP contribution is -2.27. The van der Waals surface area contributed by atoms with Crippen LogP contribution in [0.3, 0.4) is 0 Å². The molecule has 1 N–H and O–H groups in total. The maximum absolute atomic E-state index is 5.80. The van der Waals surface area contributed by atoms with Gasteiger partial charge in [0, 0.05) is 24.0 Å². The van der Waals surface area contributed by atoms with Gasteiger partial charge in [0.05, 0.1) is 0 Å². The first-order valence-corrected chi connectivity index (χ1v) is 7.53. The Labute approximate surface area is 127 Å². The molecule has 0 radical (unpaired) electrons. The van der Waals surface area contributed by atoms with Crippen LogP contribution in [0.15, 0.2) is 42.7 Å². The first-order valence-electron chi connectivity index (χ1n) is 7.53. The van der Waals surface area contributed by atoms with Gasteiger partial charge in [-0.3, -0.25) is 4.98 Å². The van der Waals surface area contributed by atoms with E-state index in [9.17, 15) is 0 Å². The Balaban J connectivity index is 1.87. The number of aryl methyl sites for hydroxylation is 1. The quantitative estimate of drug-likeness (QED) is 0.845. The summed E-state index contributed by atoms with van der Waals surface area (Å²) in [4.78, 5) is 4.17. The minimum atomic E-state index is 0.500. The lowest BCUT2D eigenvalue weighted by Gasteiger charge is -2.12. The minimum Gasteiger partial charge on any atom is -0.489 e. The van der Waals surface area contributed by atoms with Crippen molar-refractivity contribution in [1.82, 2.24) is 10.3 Å². The van der Waals surface area contributed by atoms with Gasteiger partial charge in [-0.1, -0.05) is 19.1 Å². The van der Waals surface area contributed by atoms with Crippen LogP contribution in [0, 0.1) is 6.92 Å².